The zero-order valence-electron chi connectivity index (χ0n) is 10.6. The second kappa shape index (κ2) is 5.73. The summed E-state index contributed by atoms with van der Waals surface area (Å²) in [6, 6.07) is 1.15. The molecule has 2 aromatic heterocycles. The molecule has 7 nitrogen and oxygen atoms in total. The Bertz CT molecular complexity index is 718. The monoisotopic (exact) mass is 315 g/mol. The molecule has 9 heteroatoms. The summed E-state index contributed by atoms with van der Waals surface area (Å²) in [5, 5.41) is 14.1. The van der Waals surface area contributed by atoms with Crippen LogP contribution in [0.1, 0.15) is 15.2 Å². The average molecular weight is 315 g/mol. The maximum Gasteiger partial charge on any atom is 0.345 e. The highest BCUT2D eigenvalue weighted by Crippen LogP contribution is 2.19. The van der Waals surface area contributed by atoms with Gasteiger partial charge in [-0.05, 0) is 18.1 Å². The van der Waals surface area contributed by atoms with Gasteiger partial charge in [0, 0.05) is 25.2 Å². The van der Waals surface area contributed by atoms with Crippen LogP contribution in [0, 0.1) is 0 Å². The number of carbonyl (C=O) groups is 1. The van der Waals surface area contributed by atoms with Gasteiger partial charge in [-0.25, -0.2) is 17.9 Å². The molecule has 0 spiro atoms. The molecule has 2 N–H and O–H groups in total. The lowest BCUT2D eigenvalue weighted by atomic mass is 10.3. The highest BCUT2D eigenvalue weighted by Gasteiger charge is 2.18. The van der Waals surface area contributed by atoms with Crippen LogP contribution in [0.15, 0.2) is 28.7 Å². The Morgan fingerprint density at radius 3 is 2.85 bits per heavy atom. The van der Waals surface area contributed by atoms with Crippen LogP contribution in [-0.4, -0.2) is 35.8 Å². The number of nitrogens with one attached hydrogen (secondary N) is 1. The largest absolute Gasteiger partial charge is 0.477 e. The van der Waals surface area contributed by atoms with Crippen LogP contribution in [0.25, 0.3) is 0 Å². The van der Waals surface area contributed by atoms with Gasteiger partial charge in [-0.3, -0.25) is 4.68 Å². The topological polar surface area (TPSA) is 101 Å². The fourth-order valence-electron chi connectivity index (χ4n) is 1.59. The van der Waals surface area contributed by atoms with Gasteiger partial charge in [0.25, 0.3) is 0 Å². The summed E-state index contributed by atoms with van der Waals surface area (Å²) < 4.78 is 28.0. The molecule has 0 aliphatic heterocycles. The molecule has 0 fully saturated rings. The molecule has 0 radical (unpaired) electrons. The molecule has 2 rings (SSSR count). The summed E-state index contributed by atoms with van der Waals surface area (Å²) in [4.78, 5) is 10.7. The highest BCUT2D eigenvalue weighted by atomic mass is 32.2. The fraction of sp³-hybridized carbons (Fsp3) is 0.273. The zero-order valence-corrected chi connectivity index (χ0v) is 12.2. The number of hydrogen-bond donors (Lipinski definition) is 2. The van der Waals surface area contributed by atoms with Crippen LogP contribution in [-0.2, 0) is 23.5 Å². The van der Waals surface area contributed by atoms with E-state index in [1.807, 2.05) is 0 Å². The molecule has 0 saturated heterocycles. The highest BCUT2D eigenvalue weighted by molar-refractivity contribution is 7.89. The number of carboxylic acids is 1. The minimum atomic E-state index is -3.67. The SMILES string of the molecule is Cn1cc(CCNS(=O)(=O)c2csc(C(=O)O)c2)cn1. The third-order valence-corrected chi connectivity index (χ3v) is 5.07. The van der Waals surface area contributed by atoms with E-state index in [9.17, 15) is 13.2 Å². The standard InChI is InChI=1S/C11H13N3O4S2/c1-14-6-8(5-12-14)2-3-13-20(17,18)9-4-10(11(15)16)19-7-9/h4-7,13H,2-3H2,1H3,(H,15,16). The number of thiophene rings is 1. The van der Waals surface area contributed by atoms with Crippen molar-refractivity contribution in [3.8, 4) is 0 Å². The molecule has 2 aromatic rings. The quantitative estimate of drug-likeness (QED) is 0.817. The summed E-state index contributed by atoms with van der Waals surface area (Å²) in [5.74, 6) is -1.13. The fourth-order valence-corrected chi connectivity index (χ4v) is 3.73. The second-order valence-electron chi connectivity index (χ2n) is 4.12. The number of aromatic nitrogens is 2. The number of hydrogen-bond acceptors (Lipinski definition) is 5. The van der Waals surface area contributed by atoms with Crippen LogP contribution in [0.5, 0.6) is 0 Å². The number of rotatable bonds is 6. The first-order valence-corrected chi connectivity index (χ1v) is 8.04. The van der Waals surface area contributed by atoms with Crippen LogP contribution < -0.4 is 4.72 Å². The predicted molar refractivity (Wildman–Crippen MR) is 73.4 cm³/mol. The van der Waals surface area contributed by atoms with Gasteiger partial charge in [-0.15, -0.1) is 11.3 Å². The number of nitrogens with zero attached hydrogens (tertiary/aromatic N) is 2. The zero-order chi connectivity index (χ0) is 14.8. The molecule has 0 aromatic carbocycles. The van der Waals surface area contributed by atoms with E-state index in [1.54, 1.807) is 24.1 Å². The summed E-state index contributed by atoms with van der Waals surface area (Å²) >= 11 is 0.886. The van der Waals surface area contributed by atoms with Gasteiger partial charge in [0.2, 0.25) is 10.0 Å². The van der Waals surface area contributed by atoms with Gasteiger partial charge in [0.1, 0.15) is 4.88 Å². The van der Waals surface area contributed by atoms with Crippen molar-refractivity contribution in [2.45, 2.75) is 11.3 Å². The molecular weight excluding hydrogens is 302 g/mol. The van der Waals surface area contributed by atoms with Crippen molar-refractivity contribution >= 4 is 27.3 Å². The van der Waals surface area contributed by atoms with Crippen LogP contribution in [0.3, 0.4) is 0 Å². The van der Waals surface area contributed by atoms with Crippen molar-refractivity contribution in [2.24, 2.45) is 7.05 Å². The first kappa shape index (κ1) is 14.7. The average Bonchev–Trinajstić information content (AvgIpc) is 2.98. The Balaban J connectivity index is 1.98. The predicted octanol–water partition coefficient (Wildman–Crippen LogP) is 0.701. The maximum absolute atomic E-state index is 11.9. The third-order valence-electron chi connectivity index (χ3n) is 2.56. The van der Waals surface area contributed by atoms with Gasteiger partial charge in [0.15, 0.2) is 0 Å². The third kappa shape index (κ3) is 3.44. The van der Waals surface area contributed by atoms with Crippen LogP contribution in [0.2, 0.25) is 0 Å². The van der Waals surface area contributed by atoms with E-state index in [0.29, 0.717) is 6.42 Å². The Hall–Kier alpha value is -1.71. The van der Waals surface area contributed by atoms with Gasteiger partial charge in [0.05, 0.1) is 11.1 Å². The minimum absolute atomic E-state index is 0.00219. The lowest BCUT2D eigenvalue weighted by Gasteiger charge is -2.03. The Kier molecular flexibility index (Phi) is 4.21. The molecule has 20 heavy (non-hydrogen) atoms. The molecule has 0 unspecified atom stereocenters. The first-order chi connectivity index (χ1) is 9.38. The lowest BCUT2D eigenvalue weighted by Crippen LogP contribution is -2.25. The van der Waals surface area contributed by atoms with Gasteiger partial charge >= 0.3 is 5.97 Å². The lowest BCUT2D eigenvalue weighted by molar-refractivity contribution is 0.0702. The number of sulfonamides is 1. The van der Waals surface area contributed by atoms with Crippen molar-refractivity contribution in [1.82, 2.24) is 14.5 Å². The number of carboxylic acid groups (broad SMARTS) is 1. The molecule has 0 saturated carbocycles. The molecular formula is C11H13N3O4S2. The molecule has 0 amide bonds. The van der Waals surface area contributed by atoms with Gasteiger partial charge in [-0.1, -0.05) is 0 Å². The van der Waals surface area contributed by atoms with Crippen molar-refractivity contribution in [3.63, 3.8) is 0 Å². The molecule has 0 aliphatic rings. The summed E-state index contributed by atoms with van der Waals surface area (Å²) in [6.07, 6.45) is 3.99. The number of aromatic carboxylic acids is 1. The van der Waals surface area contributed by atoms with Crippen molar-refractivity contribution < 1.29 is 18.3 Å². The van der Waals surface area contributed by atoms with Crippen LogP contribution in [0.4, 0.5) is 0 Å². The minimum Gasteiger partial charge on any atom is -0.477 e. The van der Waals surface area contributed by atoms with Gasteiger partial charge in [-0.2, -0.15) is 5.10 Å². The normalized spacial score (nSPS) is 11.7. The van der Waals surface area contributed by atoms with E-state index in [-0.39, 0.29) is 16.3 Å². The van der Waals surface area contributed by atoms with E-state index >= 15 is 0 Å². The second-order valence-corrected chi connectivity index (χ2v) is 6.80. The summed E-state index contributed by atoms with van der Waals surface area (Å²) in [6.45, 7) is 0.228. The molecule has 2 heterocycles. The van der Waals surface area contributed by atoms with Crippen molar-refractivity contribution in [2.75, 3.05) is 6.54 Å². The molecule has 0 bridgehead atoms. The smallest absolute Gasteiger partial charge is 0.345 e. The van der Waals surface area contributed by atoms with E-state index in [2.05, 4.69) is 9.82 Å². The van der Waals surface area contributed by atoms with Crippen LogP contribution >= 0.6 is 11.3 Å². The van der Waals surface area contributed by atoms with Crippen molar-refractivity contribution in [3.05, 3.63) is 34.3 Å². The summed E-state index contributed by atoms with van der Waals surface area (Å²) in [5.41, 5.74) is 0.923. The van der Waals surface area contributed by atoms with E-state index in [1.165, 1.54) is 5.38 Å². The Morgan fingerprint density at radius 2 is 2.30 bits per heavy atom. The van der Waals surface area contributed by atoms with Crippen molar-refractivity contribution in [1.29, 1.82) is 0 Å². The first-order valence-electron chi connectivity index (χ1n) is 5.67. The Labute approximate surface area is 119 Å². The number of aryl methyl sites for hydroxylation is 1. The Morgan fingerprint density at radius 1 is 1.55 bits per heavy atom. The molecule has 0 atom stereocenters. The van der Waals surface area contributed by atoms with Gasteiger partial charge < -0.3 is 5.11 Å². The maximum atomic E-state index is 11.9. The van der Waals surface area contributed by atoms with E-state index in [0.717, 1.165) is 23.0 Å². The molecule has 108 valence electrons. The van der Waals surface area contributed by atoms with E-state index in [4.69, 9.17) is 5.11 Å². The molecule has 0 aliphatic carbocycles. The summed E-state index contributed by atoms with van der Waals surface area (Å²) in [7, 11) is -1.88. The van der Waals surface area contributed by atoms with E-state index < -0.39 is 16.0 Å².